The number of allylic oxidation sites excluding steroid dienone is 4. The van der Waals surface area contributed by atoms with E-state index < -0.39 is 0 Å². The zero-order valence-corrected chi connectivity index (χ0v) is 35.0. The van der Waals surface area contributed by atoms with Gasteiger partial charge in [0.25, 0.3) is 0 Å². The van der Waals surface area contributed by atoms with Crippen molar-refractivity contribution < 1.29 is 4.42 Å². The van der Waals surface area contributed by atoms with E-state index in [4.69, 9.17) is 4.42 Å². The molecule has 0 fully saturated rings. The van der Waals surface area contributed by atoms with Gasteiger partial charge in [0.2, 0.25) is 0 Å². The maximum atomic E-state index is 5.99. The van der Waals surface area contributed by atoms with Crippen LogP contribution in [0, 0.1) is 0 Å². The lowest BCUT2D eigenvalue weighted by atomic mass is 10.1. The summed E-state index contributed by atoms with van der Waals surface area (Å²) in [6.07, 6.45) is 7.96. The molecule has 0 N–H and O–H groups in total. The van der Waals surface area contributed by atoms with Crippen LogP contribution in [0.5, 0.6) is 0 Å². The third kappa shape index (κ3) is 8.07. The van der Waals surface area contributed by atoms with Crippen LogP contribution in [-0.2, 0) is 0 Å². The number of fused-ring (bicyclic) bond motifs is 6. The van der Waals surface area contributed by atoms with Crippen molar-refractivity contribution in [3.05, 3.63) is 237 Å². The van der Waals surface area contributed by atoms with Crippen LogP contribution in [-0.4, -0.2) is 7.05 Å². The Morgan fingerprint density at radius 1 is 0.475 bits per heavy atom. The van der Waals surface area contributed by atoms with E-state index in [1.807, 2.05) is 66.8 Å². The van der Waals surface area contributed by atoms with E-state index in [0.29, 0.717) is 0 Å². The van der Waals surface area contributed by atoms with Gasteiger partial charge in [-0.15, -0.1) is 11.3 Å². The Labute approximate surface area is 361 Å². The number of para-hydroxylation sites is 5. The number of anilines is 7. The number of nitrogens with zero attached hydrogens (tertiary/aromatic N) is 3. The van der Waals surface area contributed by atoms with Gasteiger partial charge in [-0.1, -0.05) is 110 Å². The number of thiophene rings is 1. The summed E-state index contributed by atoms with van der Waals surface area (Å²) < 4.78 is 8.60. The summed E-state index contributed by atoms with van der Waals surface area (Å²) in [4.78, 5) is 6.79. The summed E-state index contributed by atoms with van der Waals surface area (Å²) in [5.41, 5.74) is 10.8. The normalized spacial score (nSPS) is 11.5. The van der Waals surface area contributed by atoms with Crippen LogP contribution in [0.15, 0.2) is 241 Å². The van der Waals surface area contributed by atoms with Crippen molar-refractivity contribution >= 4 is 93.3 Å². The summed E-state index contributed by atoms with van der Waals surface area (Å²) in [5, 5.41) is 4.82. The monoisotopic (exact) mass is 807 g/mol. The van der Waals surface area contributed by atoms with Gasteiger partial charge in [0.05, 0.1) is 0 Å². The fraction of sp³-hybridized carbons (Fsp3) is 0.0357. The first-order valence-corrected chi connectivity index (χ1v) is 21.3. The summed E-state index contributed by atoms with van der Waals surface area (Å²) in [5.74, 6) is 0. The second-order valence-electron chi connectivity index (χ2n) is 14.6. The largest absolute Gasteiger partial charge is 0.456 e. The van der Waals surface area contributed by atoms with E-state index in [9.17, 15) is 0 Å². The SMILES string of the molecule is C=C/C=C(\C=C/C)N(c1ccccc1)c1ccc2oc3ccccc3c2c1.CN(c1ccccc1)c1ccc2sc3ccc(N(c4ccccc4)c4ccccc4)cc3c2c1. The van der Waals surface area contributed by atoms with Crippen LogP contribution >= 0.6 is 11.3 Å². The van der Waals surface area contributed by atoms with E-state index in [2.05, 4.69) is 204 Å². The number of hydrogen-bond donors (Lipinski definition) is 0. The van der Waals surface area contributed by atoms with Gasteiger partial charge < -0.3 is 19.1 Å². The van der Waals surface area contributed by atoms with Crippen molar-refractivity contribution in [1.29, 1.82) is 0 Å². The Bertz CT molecular complexity index is 3090. The molecule has 0 radical (unpaired) electrons. The molecule has 5 heteroatoms. The first kappa shape index (κ1) is 38.9. The second-order valence-corrected chi connectivity index (χ2v) is 15.7. The molecule has 8 aromatic carbocycles. The van der Waals surface area contributed by atoms with Crippen LogP contribution in [0.4, 0.5) is 39.8 Å². The summed E-state index contributed by atoms with van der Waals surface area (Å²) in [7, 11) is 2.13. The smallest absolute Gasteiger partial charge is 0.135 e. The van der Waals surface area contributed by atoms with Gasteiger partial charge in [0, 0.05) is 83.5 Å². The minimum absolute atomic E-state index is 0.897. The molecule has 0 atom stereocenters. The van der Waals surface area contributed by atoms with Crippen molar-refractivity contribution in [3.63, 3.8) is 0 Å². The second kappa shape index (κ2) is 17.7. The maximum absolute atomic E-state index is 5.99. The Kier molecular flexibility index (Phi) is 11.3. The zero-order chi connectivity index (χ0) is 41.5. The molecule has 10 aromatic rings. The molecule has 4 nitrogen and oxygen atoms in total. The topological polar surface area (TPSA) is 22.9 Å². The van der Waals surface area contributed by atoms with E-state index >= 15 is 0 Å². The average molecular weight is 808 g/mol. The lowest BCUT2D eigenvalue weighted by Gasteiger charge is -2.26. The van der Waals surface area contributed by atoms with E-state index in [1.54, 1.807) is 0 Å². The third-order valence-electron chi connectivity index (χ3n) is 10.8. The first-order valence-electron chi connectivity index (χ1n) is 20.5. The highest BCUT2D eigenvalue weighted by Crippen LogP contribution is 2.42. The minimum Gasteiger partial charge on any atom is -0.456 e. The standard InChI is InChI=1S/C31H24N2S.C25H21NO/c1-32(23-11-5-2-6-12-23)26-17-19-30-28(21-26)29-22-27(18-20-31(29)34-30)33(24-13-7-3-8-14-24)25-15-9-4-10-16-25;1-3-10-19(11-4-2)26(20-12-6-5-7-13-20)21-16-17-25-23(18-21)22-14-8-9-15-24(22)27-25/h2-22H,1H3;3-18H,1H2,2H3/b;11-4-,19-10+. The van der Waals surface area contributed by atoms with Gasteiger partial charge in [-0.2, -0.15) is 0 Å². The predicted molar refractivity (Wildman–Crippen MR) is 264 cm³/mol. The molecule has 0 unspecified atom stereocenters. The molecule has 0 bridgehead atoms. The molecule has 0 saturated heterocycles. The molecular formula is C56H45N3OS. The van der Waals surface area contributed by atoms with Gasteiger partial charge in [0.1, 0.15) is 11.2 Å². The Balaban J connectivity index is 0.000000161. The lowest BCUT2D eigenvalue weighted by Crippen LogP contribution is -2.14. The minimum atomic E-state index is 0.897. The summed E-state index contributed by atoms with van der Waals surface area (Å²) in [6, 6.07) is 70.1. The Morgan fingerprint density at radius 3 is 1.57 bits per heavy atom. The van der Waals surface area contributed by atoms with Crippen LogP contribution < -0.4 is 14.7 Å². The van der Waals surface area contributed by atoms with E-state index in [-0.39, 0.29) is 0 Å². The molecule has 0 spiro atoms. The van der Waals surface area contributed by atoms with Gasteiger partial charge >= 0.3 is 0 Å². The van der Waals surface area contributed by atoms with Crippen molar-refractivity contribution in [2.75, 3.05) is 21.7 Å². The molecule has 0 aliphatic heterocycles. The predicted octanol–water partition coefficient (Wildman–Crippen LogP) is 16.7. The highest BCUT2D eigenvalue weighted by molar-refractivity contribution is 7.25. The maximum Gasteiger partial charge on any atom is 0.135 e. The van der Waals surface area contributed by atoms with E-state index in [1.165, 1.54) is 31.5 Å². The van der Waals surface area contributed by atoms with Gasteiger partial charge in [-0.05, 0) is 128 Å². The molecule has 0 saturated carbocycles. The average Bonchev–Trinajstić information content (AvgIpc) is 3.88. The van der Waals surface area contributed by atoms with Gasteiger partial charge in [0.15, 0.2) is 0 Å². The molecular weight excluding hydrogens is 763 g/mol. The highest BCUT2D eigenvalue weighted by Gasteiger charge is 2.17. The molecule has 0 amide bonds. The van der Waals surface area contributed by atoms with Crippen molar-refractivity contribution in [1.82, 2.24) is 0 Å². The summed E-state index contributed by atoms with van der Waals surface area (Å²) in [6.45, 7) is 5.90. The van der Waals surface area contributed by atoms with Gasteiger partial charge in [-0.25, -0.2) is 0 Å². The molecule has 0 aliphatic carbocycles. The van der Waals surface area contributed by atoms with E-state index in [0.717, 1.165) is 56.1 Å². The molecule has 2 aromatic heterocycles. The van der Waals surface area contributed by atoms with Crippen molar-refractivity contribution in [2.24, 2.45) is 0 Å². The molecule has 296 valence electrons. The van der Waals surface area contributed by atoms with Gasteiger partial charge in [-0.3, -0.25) is 0 Å². The fourth-order valence-corrected chi connectivity index (χ4v) is 8.94. The number of furan rings is 1. The third-order valence-corrected chi connectivity index (χ3v) is 11.9. The number of rotatable bonds is 10. The van der Waals surface area contributed by atoms with Crippen molar-refractivity contribution in [2.45, 2.75) is 6.92 Å². The number of benzene rings is 8. The van der Waals surface area contributed by atoms with Crippen LogP contribution in [0.25, 0.3) is 42.1 Å². The quantitative estimate of drug-likeness (QED) is 0.128. The molecule has 10 rings (SSSR count). The Hall–Kier alpha value is -7.60. The number of hydrogen-bond acceptors (Lipinski definition) is 5. The zero-order valence-electron chi connectivity index (χ0n) is 34.2. The summed E-state index contributed by atoms with van der Waals surface area (Å²) >= 11 is 1.85. The molecule has 61 heavy (non-hydrogen) atoms. The molecule has 0 aliphatic rings. The van der Waals surface area contributed by atoms with Crippen LogP contribution in [0.2, 0.25) is 0 Å². The molecule has 2 heterocycles. The fourth-order valence-electron chi connectivity index (χ4n) is 7.88. The Morgan fingerprint density at radius 2 is 0.967 bits per heavy atom. The van der Waals surface area contributed by atoms with Crippen molar-refractivity contribution in [3.8, 4) is 0 Å². The highest BCUT2D eigenvalue weighted by atomic mass is 32.1. The van der Waals surface area contributed by atoms with Crippen LogP contribution in [0.1, 0.15) is 6.92 Å². The van der Waals surface area contributed by atoms with Crippen LogP contribution in [0.3, 0.4) is 0 Å². The lowest BCUT2D eigenvalue weighted by molar-refractivity contribution is 0.669. The first-order chi connectivity index (χ1) is 30.1.